The Morgan fingerprint density at radius 3 is 2.68 bits per heavy atom. The van der Waals surface area contributed by atoms with Crippen LogP contribution in [-0.2, 0) is 0 Å². The number of hydrogen-bond acceptors (Lipinski definition) is 4. The lowest BCUT2D eigenvalue weighted by atomic mass is 10.2. The van der Waals surface area contributed by atoms with E-state index >= 15 is 0 Å². The first-order chi connectivity index (χ1) is 10.6. The molecule has 0 spiro atoms. The summed E-state index contributed by atoms with van der Waals surface area (Å²) in [4.78, 5) is 14.0. The van der Waals surface area contributed by atoms with Gasteiger partial charge >= 0.3 is 6.03 Å². The zero-order chi connectivity index (χ0) is 15.9. The molecule has 0 aliphatic heterocycles. The first kappa shape index (κ1) is 15.9. The molecule has 0 bridgehead atoms. The maximum Gasteiger partial charge on any atom is 0.319 e. The predicted octanol–water partition coefficient (Wildman–Crippen LogP) is 2.71. The Hall–Kier alpha value is -2.47. The fourth-order valence-electron chi connectivity index (χ4n) is 2.12. The van der Waals surface area contributed by atoms with Crippen molar-refractivity contribution >= 4 is 11.7 Å². The molecule has 118 valence electrons. The smallest absolute Gasteiger partial charge is 0.319 e. The van der Waals surface area contributed by atoms with Crippen LogP contribution in [0.25, 0.3) is 0 Å². The number of rotatable bonds is 6. The summed E-state index contributed by atoms with van der Waals surface area (Å²) in [6.45, 7) is 0.432. The van der Waals surface area contributed by atoms with Crippen molar-refractivity contribution in [3.63, 3.8) is 0 Å². The molecule has 0 aliphatic rings. The molecule has 0 radical (unpaired) electrons. The van der Waals surface area contributed by atoms with Gasteiger partial charge in [0.25, 0.3) is 0 Å². The molecule has 0 fully saturated rings. The van der Waals surface area contributed by atoms with E-state index in [9.17, 15) is 4.79 Å². The maximum absolute atomic E-state index is 12.1. The number of urea groups is 1. The van der Waals surface area contributed by atoms with E-state index in [4.69, 9.17) is 9.15 Å². The molecule has 2 amide bonds. The van der Waals surface area contributed by atoms with Crippen molar-refractivity contribution in [1.82, 2.24) is 10.2 Å². The van der Waals surface area contributed by atoms with Crippen molar-refractivity contribution in [1.29, 1.82) is 0 Å². The quantitative estimate of drug-likeness (QED) is 0.861. The first-order valence-corrected chi connectivity index (χ1v) is 6.99. The minimum absolute atomic E-state index is 0.0292. The lowest BCUT2D eigenvalue weighted by Gasteiger charge is -2.22. The van der Waals surface area contributed by atoms with Crippen molar-refractivity contribution in [3.05, 3.63) is 48.4 Å². The second kappa shape index (κ2) is 7.51. The van der Waals surface area contributed by atoms with Crippen LogP contribution in [-0.4, -0.2) is 38.7 Å². The van der Waals surface area contributed by atoms with Crippen molar-refractivity contribution in [2.75, 3.05) is 33.1 Å². The molecule has 1 aromatic carbocycles. The lowest BCUT2D eigenvalue weighted by molar-refractivity contribution is 0.233. The number of methoxy groups -OCH3 is 1. The Bertz CT molecular complexity index is 596. The number of nitrogens with one attached hydrogen (secondary N) is 2. The van der Waals surface area contributed by atoms with E-state index < -0.39 is 0 Å². The zero-order valence-electron chi connectivity index (χ0n) is 13.0. The molecule has 6 nitrogen and oxygen atoms in total. The number of hydrogen-bond donors (Lipinski definition) is 2. The van der Waals surface area contributed by atoms with Crippen LogP contribution in [0.2, 0.25) is 0 Å². The number of nitrogens with zero attached hydrogens (tertiary/aromatic N) is 1. The highest BCUT2D eigenvalue weighted by Gasteiger charge is 2.18. The molecule has 1 atom stereocenters. The topological polar surface area (TPSA) is 66.7 Å². The standard InChI is InChI=1S/C16H21N3O3/c1-19(2)13(15-9-6-10-22-15)11-17-16(20)18-12-7-4-5-8-14(12)21-3/h4-10,13H,11H2,1-3H3,(H2,17,18,20)/t13-/m0/s1. The Kier molecular flexibility index (Phi) is 5.43. The average Bonchev–Trinajstić information content (AvgIpc) is 3.01. The molecule has 1 aromatic heterocycles. The number of benzene rings is 1. The van der Waals surface area contributed by atoms with Gasteiger partial charge in [-0.05, 0) is 38.4 Å². The van der Waals surface area contributed by atoms with Gasteiger partial charge in [0.15, 0.2) is 0 Å². The number of furan rings is 1. The van der Waals surface area contributed by atoms with Crippen molar-refractivity contribution in [3.8, 4) is 5.75 Å². The van der Waals surface area contributed by atoms with Crippen LogP contribution in [0.4, 0.5) is 10.5 Å². The van der Waals surface area contributed by atoms with E-state index in [0.29, 0.717) is 18.0 Å². The summed E-state index contributed by atoms with van der Waals surface area (Å²) < 4.78 is 10.6. The van der Waals surface area contributed by atoms with Crippen LogP contribution in [0.15, 0.2) is 47.1 Å². The van der Waals surface area contributed by atoms with E-state index in [2.05, 4.69) is 10.6 Å². The molecule has 2 N–H and O–H groups in total. The third-order valence-electron chi connectivity index (χ3n) is 3.31. The fourth-order valence-corrected chi connectivity index (χ4v) is 2.12. The van der Waals surface area contributed by atoms with Crippen LogP contribution >= 0.6 is 0 Å². The van der Waals surface area contributed by atoms with Crippen LogP contribution < -0.4 is 15.4 Å². The van der Waals surface area contributed by atoms with E-state index in [1.165, 1.54) is 0 Å². The van der Waals surface area contributed by atoms with Crippen LogP contribution in [0.5, 0.6) is 5.75 Å². The lowest BCUT2D eigenvalue weighted by Crippen LogP contribution is -2.36. The second-order valence-electron chi connectivity index (χ2n) is 5.03. The molecule has 0 saturated carbocycles. The van der Waals surface area contributed by atoms with Crippen molar-refractivity contribution in [2.45, 2.75) is 6.04 Å². The van der Waals surface area contributed by atoms with E-state index in [0.717, 1.165) is 5.76 Å². The number of anilines is 1. The van der Waals surface area contributed by atoms with Gasteiger partial charge in [0.05, 0.1) is 25.1 Å². The monoisotopic (exact) mass is 303 g/mol. The summed E-state index contributed by atoms with van der Waals surface area (Å²) in [6, 6.07) is 10.7. The summed E-state index contributed by atoms with van der Waals surface area (Å²) in [7, 11) is 5.44. The van der Waals surface area contributed by atoms with Gasteiger partial charge in [-0.3, -0.25) is 4.90 Å². The van der Waals surface area contributed by atoms with Crippen LogP contribution in [0, 0.1) is 0 Å². The van der Waals surface area contributed by atoms with E-state index in [-0.39, 0.29) is 12.1 Å². The highest BCUT2D eigenvalue weighted by molar-refractivity contribution is 5.90. The molecular weight excluding hydrogens is 282 g/mol. The molecule has 1 heterocycles. The first-order valence-electron chi connectivity index (χ1n) is 6.99. The second-order valence-corrected chi connectivity index (χ2v) is 5.03. The minimum atomic E-state index is -0.289. The minimum Gasteiger partial charge on any atom is -0.495 e. The SMILES string of the molecule is COc1ccccc1NC(=O)NC[C@@H](c1ccco1)N(C)C. The zero-order valence-corrected chi connectivity index (χ0v) is 13.0. The summed E-state index contributed by atoms with van der Waals surface area (Å²) in [6.07, 6.45) is 1.63. The van der Waals surface area contributed by atoms with Gasteiger partial charge in [-0.25, -0.2) is 4.79 Å². The Balaban J connectivity index is 1.94. The van der Waals surface area contributed by atoms with Crippen LogP contribution in [0.1, 0.15) is 11.8 Å². The normalized spacial score (nSPS) is 12.0. The highest BCUT2D eigenvalue weighted by Crippen LogP contribution is 2.23. The number of para-hydroxylation sites is 2. The van der Waals surface area contributed by atoms with Gasteiger partial charge < -0.3 is 19.8 Å². The molecule has 0 unspecified atom stereocenters. The maximum atomic E-state index is 12.1. The van der Waals surface area contributed by atoms with E-state index in [1.54, 1.807) is 25.5 Å². The van der Waals surface area contributed by atoms with Gasteiger partial charge in [-0.2, -0.15) is 0 Å². The number of carbonyl (C=O) groups excluding carboxylic acids is 1. The average molecular weight is 303 g/mol. The van der Waals surface area contributed by atoms with Gasteiger partial charge in [-0.1, -0.05) is 12.1 Å². The fraction of sp³-hybridized carbons (Fsp3) is 0.312. The molecule has 2 aromatic rings. The Morgan fingerprint density at radius 1 is 1.27 bits per heavy atom. The third kappa shape index (κ3) is 4.02. The number of ether oxygens (including phenoxy) is 1. The molecular formula is C16H21N3O3. The molecule has 22 heavy (non-hydrogen) atoms. The van der Waals surface area contributed by atoms with Gasteiger partial charge in [0.1, 0.15) is 11.5 Å². The van der Waals surface area contributed by atoms with Gasteiger partial charge in [0, 0.05) is 6.54 Å². The Labute approximate surface area is 130 Å². The number of carbonyl (C=O) groups is 1. The van der Waals surface area contributed by atoms with Gasteiger partial charge in [0.2, 0.25) is 0 Å². The Morgan fingerprint density at radius 2 is 2.05 bits per heavy atom. The predicted molar refractivity (Wildman–Crippen MR) is 85.2 cm³/mol. The summed E-state index contributed by atoms with van der Waals surface area (Å²) in [5, 5.41) is 5.62. The van der Waals surface area contributed by atoms with Crippen LogP contribution in [0.3, 0.4) is 0 Å². The molecule has 0 saturated heterocycles. The molecule has 0 aliphatic carbocycles. The summed E-state index contributed by atoms with van der Waals surface area (Å²) in [5.74, 6) is 1.43. The number of amides is 2. The third-order valence-corrected chi connectivity index (χ3v) is 3.31. The summed E-state index contributed by atoms with van der Waals surface area (Å²) in [5.41, 5.74) is 0.627. The molecule has 6 heteroatoms. The summed E-state index contributed by atoms with van der Waals surface area (Å²) >= 11 is 0. The molecule has 2 rings (SSSR count). The van der Waals surface area contributed by atoms with E-state index in [1.807, 2.05) is 43.3 Å². The number of likely N-dealkylation sites (N-methyl/N-ethyl adjacent to an activating group) is 1. The van der Waals surface area contributed by atoms with Crippen molar-refractivity contribution in [2.24, 2.45) is 0 Å². The highest BCUT2D eigenvalue weighted by atomic mass is 16.5. The largest absolute Gasteiger partial charge is 0.495 e. The van der Waals surface area contributed by atoms with Gasteiger partial charge in [-0.15, -0.1) is 0 Å². The van der Waals surface area contributed by atoms with Crippen molar-refractivity contribution < 1.29 is 13.9 Å².